The predicted molar refractivity (Wildman–Crippen MR) is 135 cm³/mol. The molecule has 0 aliphatic carbocycles. The molecule has 2 aliphatic rings. The van der Waals surface area contributed by atoms with E-state index in [2.05, 4.69) is 10.4 Å². The van der Waals surface area contributed by atoms with Crippen LogP contribution in [0.2, 0.25) is 0 Å². The van der Waals surface area contributed by atoms with E-state index in [1.54, 1.807) is 4.90 Å². The summed E-state index contributed by atoms with van der Waals surface area (Å²) < 4.78 is 69.8. The van der Waals surface area contributed by atoms with E-state index in [4.69, 9.17) is 20.9 Å². The standard InChI is InChI=1S/C26H26F4N6O4/c1-39-19-5-4-15(27)7-17(19)25(38)33-8-14-3-2-13(6-18(14)28)22-21(24(32)37)23(31)36(34-22)20-9-35(12-26(20,29)30)16-10-40-11-16/h2-7,16,20H,8-12,31H2,1H3,(H2,32,37)(H,33,38)/t20-/m0/s1. The molecule has 0 radical (unpaired) electrons. The summed E-state index contributed by atoms with van der Waals surface area (Å²) in [4.78, 5) is 26.4. The highest BCUT2D eigenvalue weighted by Gasteiger charge is 2.53. The maximum absolute atomic E-state index is 15.1. The first kappa shape index (κ1) is 27.4. The van der Waals surface area contributed by atoms with Gasteiger partial charge in [-0.15, -0.1) is 0 Å². The van der Waals surface area contributed by atoms with Gasteiger partial charge in [-0.05, 0) is 24.3 Å². The SMILES string of the molecule is COc1ccc(F)cc1C(=O)NCc1ccc(-c2nn([C@H]3CN(C4COC4)CC3(F)F)c(N)c2C(N)=O)cc1F. The quantitative estimate of drug-likeness (QED) is 0.359. The molecule has 2 amide bonds. The third-order valence-corrected chi connectivity index (χ3v) is 7.11. The van der Waals surface area contributed by atoms with Crippen molar-refractivity contribution in [3.8, 4) is 17.0 Å². The summed E-state index contributed by atoms with van der Waals surface area (Å²) in [5.41, 5.74) is 11.2. The molecule has 2 aliphatic heterocycles. The molecule has 3 heterocycles. The van der Waals surface area contributed by atoms with Crippen LogP contribution in [0.25, 0.3) is 11.3 Å². The predicted octanol–water partition coefficient (Wildman–Crippen LogP) is 2.34. The van der Waals surface area contributed by atoms with Crippen LogP contribution in [0.3, 0.4) is 0 Å². The van der Waals surface area contributed by atoms with Crippen LogP contribution in [0.4, 0.5) is 23.4 Å². The number of amides is 2. The van der Waals surface area contributed by atoms with E-state index in [0.717, 1.165) is 22.9 Å². The Bertz CT molecular complexity index is 1480. The van der Waals surface area contributed by atoms with Crippen molar-refractivity contribution in [2.75, 3.05) is 39.1 Å². The Morgan fingerprint density at radius 3 is 2.58 bits per heavy atom. The first-order valence-electron chi connectivity index (χ1n) is 12.3. The number of nitrogens with one attached hydrogen (secondary N) is 1. The number of hydrogen-bond acceptors (Lipinski definition) is 7. The van der Waals surface area contributed by atoms with Crippen molar-refractivity contribution in [2.24, 2.45) is 5.73 Å². The summed E-state index contributed by atoms with van der Waals surface area (Å²) >= 11 is 0. The van der Waals surface area contributed by atoms with Gasteiger partial charge in [-0.2, -0.15) is 5.10 Å². The second-order valence-corrected chi connectivity index (χ2v) is 9.65. The number of nitrogens with zero attached hydrogens (tertiary/aromatic N) is 3. The molecule has 2 saturated heterocycles. The number of aromatic nitrogens is 2. The Hall–Kier alpha value is -4.17. The highest BCUT2D eigenvalue weighted by atomic mass is 19.3. The number of carbonyl (C=O) groups excluding carboxylic acids is 2. The van der Waals surface area contributed by atoms with E-state index in [1.807, 2.05) is 0 Å². The number of nitrogen functional groups attached to an aromatic ring is 1. The monoisotopic (exact) mass is 562 g/mol. The molecular weight excluding hydrogens is 536 g/mol. The fourth-order valence-electron chi connectivity index (χ4n) is 4.86. The van der Waals surface area contributed by atoms with Crippen LogP contribution < -0.4 is 21.5 Å². The van der Waals surface area contributed by atoms with Gasteiger partial charge in [-0.3, -0.25) is 14.5 Å². The van der Waals surface area contributed by atoms with Crippen LogP contribution in [0.15, 0.2) is 36.4 Å². The average molecular weight is 563 g/mol. The third-order valence-electron chi connectivity index (χ3n) is 7.11. The summed E-state index contributed by atoms with van der Waals surface area (Å²) in [5.74, 6) is -6.55. The van der Waals surface area contributed by atoms with Crippen LogP contribution in [0.5, 0.6) is 5.75 Å². The van der Waals surface area contributed by atoms with Gasteiger partial charge in [0.2, 0.25) is 0 Å². The Balaban J connectivity index is 1.39. The van der Waals surface area contributed by atoms with Crippen molar-refractivity contribution in [3.63, 3.8) is 0 Å². The van der Waals surface area contributed by atoms with Gasteiger partial charge in [-0.25, -0.2) is 22.2 Å². The number of ether oxygens (including phenoxy) is 2. The Morgan fingerprint density at radius 2 is 1.95 bits per heavy atom. The number of halogens is 4. The van der Waals surface area contributed by atoms with Gasteiger partial charge in [0.25, 0.3) is 17.7 Å². The zero-order valence-electron chi connectivity index (χ0n) is 21.3. The van der Waals surface area contributed by atoms with Crippen molar-refractivity contribution in [1.29, 1.82) is 0 Å². The van der Waals surface area contributed by atoms with E-state index in [-0.39, 0.29) is 58.6 Å². The molecule has 40 heavy (non-hydrogen) atoms. The van der Waals surface area contributed by atoms with Gasteiger partial charge < -0.3 is 26.3 Å². The zero-order chi connectivity index (χ0) is 28.8. The molecule has 0 bridgehead atoms. The Kier molecular flexibility index (Phi) is 7.14. The van der Waals surface area contributed by atoms with Crippen LogP contribution >= 0.6 is 0 Å². The number of methoxy groups -OCH3 is 1. The summed E-state index contributed by atoms with van der Waals surface area (Å²) in [6.07, 6.45) is 0. The van der Waals surface area contributed by atoms with Crippen LogP contribution in [0, 0.1) is 11.6 Å². The van der Waals surface area contributed by atoms with Gasteiger partial charge in [-0.1, -0.05) is 12.1 Å². The van der Waals surface area contributed by atoms with Crippen molar-refractivity contribution in [1.82, 2.24) is 20.0 Å². The molecular formula is C26H26F4N6O4. The second kappa shape index (κ2) is 10.4. The van der Waals surface area contributed by atoms with Gasteiger partial charge in [0.15, 0.2) is 0 Å². The molecule has 5 rings (SSSR count). The fourth-order valence-corrected chi connectivity index (χ4v) is 4.86. The summed E-state index contributed by atoms with van der Waals surface area (Å²) in [7, 11) is 1.32. The van der Waals surface area contributed by atoms with E-state index in [0.29, 0.717) is 13.2 Å². The van der Waals surface area contributed by atoms with Gasteiger partial charge in [0, 0.05) is 24.2 Å². The number of primary amides is 1. The molecule has 3 aromatic rings. The number of rotatable bonds is 8. The number of alkyl halides is 2. The highest BCUT2D eigenvalue weighted by Crippen LogP contribution is 2.41. The summed E-state index contributed by atoms with van der Waals surface area (Å²) in [6, 6.07) is 5.57. The first-order chi connectivity index (χ1) is 19.0. The minimum atomic E-state index is -3.21. The smallest absolute Gasteiger partial charge is 0.283 e. The van der Waals surface area contributed by atoms with Gasteiger partial charge in [0.05, 0.1) is 38.5 Å². The molecule has 0 spiro atoms. The highest BCUT2D eigenvalue weighted by molar-refractivity contribution is 6.03. The van der Waals surface area contributed by atoms with Crippen molar-refractivity contribution >= 4 is 17.6 Å². The molecule has 1 atom stereocenters. The number of anilines is 1. The molecule has 10 nitrogen and oxygen atoms in total. The third kappa shape index (κ3) is 4.95. The lowest BCUT2D eigenvalue weighted by Gasteiger charge is -2.34. The molecule has 0 unspecified atom stereocenters. The van der Waals surface area contributed by atoms with E-state index < -0.39 is 42.0 Å². The van der Waals surface area contributed by atoms with Crippen LogP contribution in [-0.4, -0.2) is 71.9 Å². The van der Waals surface area contributed by atoms with Gasteiger partial charge >= 0.3 is 0 Å². The first-order valence-corrected chi connectivity index (χ1v) is 12.3. The molecule has 0 saturated carbocycles. The number of carbonyl (C=O) groups is 2. The zero-order valence-corrected chi connectivity index (χ0v) is 21.3. The normalized spacial score (nSPS) is 18.9. The molecule has 2 aromatic carbocycles. The maximum Gasteiger partial charge on any atom is 0.283 e. The summed E-state index contributed by atoms with van der Waals surface area (Å²) in [6.45, 7) is -0.177. The molecule has 14 heteroatoms. The number of hydrogen-bond donors (Lipinski definition) is 3. The molecule has 212 valence electrons. The Labute approximate surface area is 225 Å². The fraction of sp³-hybridized carbons (Fsp3) is 0.346. The second-order valence-electron chi connectivity index (χ2n) is 9.65. The Morgan fingerprint density at radius 1 is 1.20 bits per heavy atom. The average Bonchev–Trinajstić information content (AvgIpc) is 3.36. The van der Waals surface area contributed by atoms with Crippen LogP contribution in [-0.2, 0) is 11.3 Å². The number of nitrogens with two attached hydrogens (primary N) is 2. The lowest BCUT2D eigenvalue weighted by Crippen LogP contribution is -2.48. The molecule has 1 aromatic heterocycles. The maximum atomic E-state index is 15.1. The number of benzene rings is 2. The minimum absolute atomic E-state index is 0.0567. The van der Waals surface area contributed by atoms with E-state index in [9.17, 15) is 14.0 Å². The minimum Gasteiger partial charge on any atom is -0.496 e. The molecule has 5 N–H and O–H groups in total. The van der Waals surface area contributed by atoms with E-state index in [1.165, 1.54) is 25.3 Å². The summed E-state index contributed by atoms with van der Waals surface area (Å²) in [5, 5.41) is 6.69. The topological polar surface area (TPSA) is 138 Å². The van der Waals surface area contributed by atoms with Gasteiger partial charge in [0.1, 0.15) is 40.5 Å². The van der Waals surface area contributed by atoms with Crippen molar-refractivity contribution in [3.05, 3.63) is 64.7 Å². The van der Waals surface area contributed by atoms with Crippen molar-refractivity contribution < 1.29 is 36.6 Å². The largest absolute Gasteiger partial charge is 0.496 e. The molecule has 2 fully saturated rings. The lowest BCUT2D eigenvalue weighted by molar-refractivity contribution is -0.0728. The van der Waals surface area contributed by atoms with Crippen LogP contribution in [0.1, 0.15) is 32.3 Å². The van der Waals surface area contributed by atoms with Crippen molar-refractivity contribution in [2.45, 2.75) is 24.6 Å². The number of likely N-dealkylation sites (tertiary alicyclic amines) is 1. The van der Waals surface area contributed by atoms with E-state index >= 15 is 13.2 Å². The lowest BCUT2D eigenvalue weighted by atomic mass is 10.0.